The first-order valence-electron chi connectivity index (χ1n) is 10.1. The Hall–Kier alpha value is -3.16. The molecule has 3 rings (SSSR count). The molecule has 0 radical (unpaired) electrons. The van der Waals surface area contributed by atoms with Crippen LogP contribution in [0.5, 0.6) is 5.75 Å². The molecular weight excluding hydrogens is 472 g/mol. The van der Waals surface area contributed by atoms with Crippen molar-refractivity contribution < 1.29 is 19.1 Å². The Morgan fingerprint density at radius 2 is 1.69 bits per heavy atom. The van der Waals surface area contributed by atoms with Crippen molar-refractivity contribution in [3.63, 3.8) is 0 Å². The SMILES string of the molecule is COCCOc1ccc(C(=O)N(C)c2ccccc2C(=O)NCc2ccccc2)cc1Br. The third-order valence-corrected chi connectivity index (χ3v) is 5.45. The quantitative estimate of drug-likeness (QED) is 0.436. The minimum absolute atomic E-state index is 0.238. The van der Waals surface area contributed by atoms with Crippen LogP contribution in [0.2, 0.25) is 0 Å². The molecule has 166 valence electrons. The van der Waals surface area contributed by atoms with Gasteiger partial charge in [0.1, 0.15) is 12.4 Å². The largest absolute Gasteiger partial charge is 0.490 e. The van der Waals surface area contributed by atoms with Crippen molar-refractivity contribution in [1.82, 2.24) is 5.32 Å². The van der Waals surface area contributed by atoms with Crippen LogP contribution in [0.15, 0.2) is 77.3 Å². The highest BCUT2D eigenvalue weighted by Gasteiger charge is 2.20. The highest BCUT2D eigenvalue weighted by molar-refractivity contribution is 9.10. The second kappa shape index (κ2) is 11.5. The molecule has 0 saturated heterocycles. The van der Waals surface area contributed by atoms with E-state index in [9.17, 15) is 9.59 Å². The van der Waals surface area contributed by atoms with Gasteiger partial charge in [0.25, 0.3) is 11.8 Å². The highest BCUT2D eigenvalue weighted by Crippen LogP contribution is 2.28. The molecule has 0 atom stereocenters. The summed E-state index contributed by atoms with van der Waals surface area (Å²) in [4.78, 5) is 27.5. The van der Waals surface area contributed by atoms with Crippen LogP contribution in [0.4, 0.5) is 5.69 Å². The molecule has 3 aromatic rings. The van der Waals surface area contributed by atoms with Crippen LogP contribution in [-0.2, 0) is 11.3 Å². The molecule has 0 aliphatic heterocycles. The van der Waals surface area contributed by atoms with Crippen LogP contribution in [-0.4, -0.2) is 39.2 Å². The van der Waals surface area contributed by atoms with Crippen LogP contribution in [0.3, 0.4) is 0 Å². The van der Waals surface area contributed by atoms with Gasteiger partial charge < -0.3 is 19.7 Å². The molecule has 32 heavy (non-hydrogen) atoms. The Kier molecular flexibility index (Phi) is 8.41. The molecule has 3 aromatic carbocycles. The molecule has 2 amide bonds. The van der Waals surface area contributed by atoms with Crippen molar-refractivity contribution in [2.75, 3.05) is 32.3 Å². The number of halogens is 1. The van der Waals surface area contributed by atoms with E-state index in [-0.39, 0.29) is 11.8 Å². The average molecular weight is 497 g/mol. The van der Waals surface area contributed by atoms with Gasteiger partial charge in [-0.05, 0) is 51.8 Å². The Bertz CT molecular complexity index is 1070. The van der Waals surface area contributed by atoms with E-state index >= 15 is 0 Å². The van der Waals surface area contributed by atoms with Crippen molar-refractivity contribution in [1.29, 1.82) is 0 Å². The summed E-state index contributed by atoms with van der Waals surface area (Å²) in [6, 6.07) is 21.9. The number of ether oxygens (including phenoxy) is 2. The van der Waals surface area contributed by atoms with E-state index in [1.807, 2.05) is 30.3 Å². The molecular formula is C25H25BrN2O4. The van der Waals surface area contributed by atoms with Gasteiger partial charge in [-0.2, -0.15) is 0 Å². The maximum Gasteiger partial charge on any atom is 0.258 e. The first-order chi connectivity index (χ1) is 15.5. The fourth-order valence-electron chi connectivity index (χ4n) is 3.12. The summed E-state index contributed by atoms with van der Waals surface area (Å²) < 4.78 is 11.3. The van der Waals surface area contributed by atoms with Gasteiger partial charge in [-0.3, -0.25) is 9.59 Å². The normalized spacial score (nSPS) is 10.5. The second-order valence-corrected chi connectivity index (χ2v) is 7.89. The summed E-state index contributed by atoms with van der Waals surface area (Å²) in [7, 11) is 3.26. The number of methoxy groups -OCH3 is 1. The minimum atomic E-state index is -0.243. The lowest BCUT2D eigenvalue weighted by Crippen LogP contribution is -2.30. The minimum Gasteiger partial charge on any atom is -0.490 e. The number of rotatable bonds is 9. The molecule has 6 nitrogen and oxygen atoms in total. The first kappa shape index (κ1) is 23.5. The Balaban J connectivity index is 1.74. The molecule has 0 aliphatic rings. The fraction of sp³-hybridized carbons (Fsp3) is 0.200. The lowest BCUT2D eigenvalue weighted by atomic mass is 10.1. The molecule has 0 aliphatic carbocycles. The molecule has 0 bridgehead atoms. The van der Waals surface area contributed by atoms with Gasteiger partial charge in [0.05, 0.1) is 22.3 Å². The van der Waals surface area contributed by atoms with E-state index in [0.717, 1.165) is 5.56 Å². The van der Waals surface area contributed by atoms with Crippen molar-refractivity contribution in [3.05, 3.63) is 94.0 Å². The molecule has 0 fully saturated rings. The Labute approximate surface area is 196 Å². The molecule has 0 heterocycles. The highest BCUT2D eigenvalue weighted by atomic mass is 79.9. The van der Waals surface area contributed by atoms with Gasteiger partial charge >= 0.3 is 0 Å². The van der Waals surface area contributed by atoms with Crippen molar-refractivity contribution in [2.24, 2.45) is 0 Å². The summed E-state index contributed by atoms with van der Waals surface area (Å²) in [6.45, 7) is 1.29. The van der Waals surface area contributed by atoms with Crippen molar-refractivity contribution in [3.8, 4) is 5.75 Å². The molecule has 0 aromatic heterocycles. The number of carbonyl (C=O) groups excluding carboxylic acids is 2. The zero-order chi connectivity index (χ0) is 22.9. The van der Waals surface area contributed by atoms with E-state index in [4.69, 9.17) is 9.47 Å². The summed E-state index contributed by atoms with van der Waals surface area (Å²) >= 11 is 3.45. The van der Waals surface area contributed by atoms with Crippen LogP contribution in [0.25, 0.3) is 0 Å². The number of hydrogen-bond donors (Lipinski definition) is 1. The smallest absolute Gasteiger partial charge is 0.258 e. The summed E-state index contributed by atoms with van der Waals surface area (Å²) in [5.74, 6) is 0.145. The number of carbonyl (C=O) groups is 2. The maximum absolute atomic E-state index is 13.1. The first-order valence-corrected chi connectivity index (χ1v) is 10.9. The number of nitrogens with zero attached hydrogens (tertiary/aromatic N) is 1. The Morgan fingerprint density at radius 3 is 2.41 bits per heavy atom. The maximum atomic E-state index is 13.1. The predicted molar refractivity (Wildman–Crippen MR) is 128 cm³/mol. The molecule has 0 spiro atoms. The third kappa shape index (κ3) is 5.96. The summed E-state index contributed by atoms with van der Waals surface area (Å²) in [6.07, 6.45) is 0. The van der Waals surface area contributed by atoms with Gasteiger partial charge in [-0.15, -0.1) is 0 Å². The number of nitrogens with one attached hydrogen (secondary N) is 1. The zero-order valence-corrected chi connectivity index (χ0v) is 19.6. The number of para-hydroxylation sites is 1. The Morgan fingerprint density at radius 1 is 0.969 bits per heavy atom. The standard InChI is InChI=1S/C25H25BrN2O4/c1-28(25(30)19-12-13-23(21(26)16-19)32-15-14-31-2)22-11-7-6-10-20(22)24(29)27-17-18-8-4-3-5-9-18/h3-13,16H,14-15,17H2,1-2H3,(H,27,29). The van der Waals surface area contributed by atoms with Gasteiger partial charge in [-0.25, -0.2) is 0 Å². The molecule has 1 N–H and O–H groups in total. The lowest BCUT2D eigenvalue weighted by molar-refractivity contribution is 0.0951. The van der Waals surface area contributed by atoms with E-state index in [2.05, 4.69) is 21.2 Å². The van der Waals surface area contributed by atoms with E-state index in [1.54, 1.807) is 56.6 Å². The molecule has 0 saturated carbocycles. The number of benzene rings is 3. The monoisotopic (exact) mass is 496 g/mol. The van der Waals surface area contributed by atoms with E-state index < -0.39 is 0 Å². The predicted octanol–water partition coefficient (Wildman–Crippen LogP) is 4.68. The number of hydrogen-bond acceptors (Lipinski definition) is 4. The van der Waals surface area contributed by atoms with Crippen LogP contribution in [0.1, 0.15) is 26.3 Å². The molecule has 0 unspecified atom stereocenters. The topological polar surface area (TPSA) is 67.9 Å². The summed E-state index contributed by atoms with van der Waals surface area (Å²) in [5, 5.41) is 2.92. The number of amides is 2. The molecule has 7 heteroatoms. The van der Waals surface area contributed by atoms with E-state index in [0.29, 0.717) is 46.8 Å². The summed E-state index contributed by atoms with van der Waals surface area (Å²) in [5.41, 5.74) is 2.43. The van der Waals surface area contributed by atoms with Crippen LogP contribution < -0.4 is 15.0 Å². The average Bonchev–Trinajstić information content (AvgIpc) is 2.83. The zero-order valence-electron chi connectivity index (χ0n) is 18.0. The van der Waals surface area contributed by atoms with Crippen LogP contribution >= 0.6 is 15.9 Å². The van der Waals surface area contributed by atoms with Gasteiger partial charge in [0, 0.05) is 26.3 Å². The lowest BCUT2D eigenvalue weighted by Gasteiger charge is -2.21. The van der Waals surface area contributed by atoms with E-state index in [1.165, 1.54) is 4.90 Å². The van der Waals surface area contributed by atoms with Crippen LogP contribution in [0, 0.1) is 0 Å². The van der Waals surface area contributed by atoms with Crippen molar-refractivity contribution >= 4 is 33.4 Å². The second-order valence-electron chi connectivity index (χ2n) is 7.04. The van der Waals surface area contributed by atoms with Gasteiger partial charge in [0.15, 0.2) is 0 Å². The van der Waals surface area contributed by atoms with Gasteiger partial charge in [-0.1, -0.05) is 42.5 Å². The third-order valence-electron chi connectivity index (χ3n) is 4.83. The van der Waals surface area contributed by atoms with Gasteiger partial charge in [0.2, 0.25) is 0 Å². The fourth-order valence-corrected chi connectivity index (χ4v) is 3.61. The number of anilines is 1. The van der Waals surface area contributed by atoms with Crippen molar-refractivity contribution in [2.45, 2.75) is 6.54 Å².